The van der Waals surface area contributed by atoms with Crippen molar-refractivity contribution in [1.82, 2.24) is 15.0 Å². The second-order valence-corrected chi connectivity index (χ2v) is 10.8. The second-order valence-electron chi connectivity index (χ2n) is 9.81. The van der Waals surface area contributed by atoms with Crippen molar-refractivity contribution in [2.45, 2.75) is 44.9 Å². The first-order valence-electron chi connectivity index (χ1n) is 13.4. The maximum absolute atomic E-state index is 13.8. The van der Waals surface area contributed by atoms with E-state index in [0.29, 0.717) is 62.1 Å². The van der Waals surface area contributed by atoms with Gasteiger partial charge in [0, 0.05) is 30.5 Å². The molecule has 1 atom stereocenters. The van der Waals surface area contributed by atoms with Crippen LogP contribution in [-0.2, 0) is 26.9 Å². The second kappa shape index (κ2) is 12.5. The first-order chi connectivity index (χ1) is 19.7. The lowest BCUT2D eigenvalue weighted by atomic mass is 9.97. The number of alkyl halides is 3. The number of piperidine rings is 1. The van der Waals surface area contributed by atoms with Crippen LogP contribution in [0.4, 0.5) is 19.0 Å². The Bertz CT molecular complexity index is 1370. The topological polar surface area (TPSA) is 104 Å². The van der Waals surface area contributed by atoms with Gasteiger partial charge in [0.05, 0.1) is 55.8 Å². The number of benzene rings is 1. The molecule has 0 spiro atoms. The van der Waals surface area contributed by atoms with Crippen molar-refractivity contribution in [3.05, 3.63) is 52.2 Å². The molecule has 0 unspecified atom stereocenters. The molecule has 0 bridgehead atoms. The highest BCUT2D eigenvalue weighted by Crippen LogP contribution is 2.39. The molecule has 4 heterocycles. The van der Waals surface area contributed by atoms with Gasteiger partial charge in [-0.15, -0.1) is 11.3 Å². The maximum atomic E-state index is 13.8. The average molecular weight is 591 g/mol. The normalized spacial score (nSPS) is 18.0. The number of nitrogens with zero attached hydrogens (tertiary/aromatic N) is 4. The van der Waals surface area contributed by atoms with E-state index in [1.807, 2.05) is 4.90 Å². The predicted octanol–water partition coefficient (Wildman–Crippen LogP) is 4.99. The number of carbonyl (C=O) groups excluding carboxylic acids is 2. The number of Topliss-reactive ketones (excluding diaryl/α,β-unsaturated/α-hetero) is 1. The van der Waals surface area contributed by atoms with Gasteiger partial charge in [0.2, 0.25) is 0 Å². The van der Waals surface area contributed by atoms with E-state index in [1.165, 1.54) is 35.9 Å². The zero-order valence-electron chi connectivity index (χ0n) is 22.4. The highest BCUT2D eigenvalue weighted by molar-refractivity contribution is 7.10. The van der Waals surface area contributed by atoms with Crippen molar-refractivity contribution in [1.29, 1.82) is 0 Å². The van der Waals surface area contributed by atoms with Crippen molar-refractivity contribution >= 4 is 28.9 Å². The molecule has 0 aliphatic carbocycles. The van der Waals surface area contributed by atoms with Crippen LogP contribution >= 0.6 is 11.3 Å². The number of hydrogen-bond acceptors (Lipinski definition) is 10. The Labute approximate surface area is 238 Å². The summed E-state index contributed by atoms with van der Waals surface area (Å²) in [7, 11) is 0. The summed E-state index contributed by atoms with van der Waals surface area (Å²) in [6, 6.07) is 3.85. The lowest BCUT2D eigenvalue weighted by Gasteiger charge is -2.31. The minimum absolute atomic E-state index is 0.0569. The number of carbonyl (C=O) groups is 2. The molecule has 218 valence electrons. The molecule has 2 aliphatic rings. The van der Waals surface area contributed by atoms with Crippen LogP contribution in [0.3, 0.4) is 0 Å². The number of anilines is 1. The molecule has 0 saturated carbocycles. The van der Waals surface area contributed by atoms with Crippen LogP contribution in [0.1, 0.15) is 47.2 Å². The van der Waals surface area contributed by atoms with Crippen LogP contribution in [-0.4, -0.2) is 65.7 Å². The molecule has 0 radical (unpaired) electrons. The summed E-state index contributed by atoms with van der Waals surface area (Å²) in [4.78, 5) is 39.9. The van der Waals surface area contributed by atoms with E-state index in [-0.39, 0.29) is 47.7 Å². The summed E-state index contributed by atoms with van der Waals surface area (Å²) < 4.78 is 57.3. The Morgan fingerprint density at radius 3 is 2.61 bits per heavy atom. The summed E-state index contributed by atoms with van der Waals surface area (Å²) in [6.07, 6.45) is -0.296. The van der Waals surface area contributed by atoms with Gasteiger partial charge in [-0.25, -0.2) is 15.0 Å². The van der Waals surface area contributed by atoms with Gasteiger partial charge in [0.15, 0.2) is 5.78 Å². The first kappa shape index (κ1) is 28.9. The fourth-order valence-electron chi connectivity index (χ4n) is 4.78. The van der Waals surface area contributed by atoms with Crippen molar-refractivity contribution in [2.75, 3.05) is 37.8 Å². The Hall–Kier alpha value is -3.58. The van der Waals surface area contributed by atoms with Gasteiger partial charge in [-0.3, -0.25) is 9.59 Å². The van der Waals surface area contributed by atoms with E-state index in [4.69, 9.17) is 14.2 Å². The Balaban J connectivity index is 1.21. The molecule has 41 heavy (non-hydrogen) atoms. The molecule has 0 N–H and O–H groups in total. The Kier molecular flexibility index (Phi) is 8.83. The third-order valence-corrected chi connectivity index (χ3v) is 7.84. The lowest BCUT2D eigenvalue weighted by Crippen LogP contribution is -2.37. The number of thiazole rings is 1. The van der Waals surface area contributed by atoms with Crippen LogP contribution in [0, 0.1) is 5.92 Å². The molecule has 0 amide bonds. The number of rotatable bonds is 9. The summed E-state index contributed by atoms with van der Waals surface area (Å²) in [5, 5.41) is 2.08. The van der Waals surface area contributed by atoms with Gasteiger partial charge < -0.3 is 19.1 Å². The van der Waals surface area contributed by atoms with E-state index in [2.05, 4.69) is 15.0 Å². The zero-order chi connectivity index (χ0) is 29.0. The van der Waals surface area contributed by atoms with Crippen LogP contribution in [0.25, 0.3) is 11.3 Å². The van der Waals surface area contributed by atoms with E-state index in [0.717, 1.165) is 6.07 Å². The summed E-state index contributed by atoms with van der Waals surface area (Å²) >= 11 is 1.19. The number of esters is 1. The number of ketones is 1. The summed E-state index contributed by atoms with van der Waals surface area (Å²) in [5.74, 6) is -0.223. The molecule has 3 aromatic rings. The number of ether oxygens (including phenoxy) is 3. The lowest BCUT2D eigenvalue weighted by molar-refractivity contribution is -0.148. The van der Waals surface area contributed by atoms with Crippen molar-refractivity contribution in [3.8, 4) is 17.0 Å². The van der Waals surface area contributed by atoms with Crippen LogP contribution < -0.4 is 9.64 Å². The minimum atomic E-state index is -4.61. The maximum Gasteiger partial charge on any atom is 0.419 e. The Morgan fingerprint density at radius 1 is 1.15 bits per heavy atom. The largest absolute Gasteiger partial charge is 0.487 e. The zero-order valence-corrected chi connectivity index (χ0v) is 23.2. The fraction of sp³-hybridized carbons (Fsp3) is 0.464. The van der Waals surface area contributed by atoms with Gasteiger partial charge in [-0.2, -0.15) is 13.2 Å². The van der Waals surface area contributed by atoms with E-state index >= 15 is 0 Å². The van der Waals surface area contributed by atoms with Crippen molar-refractivity contribution in [2.24, 2.45) is 5.92 Å². The van der Waals surface area contributed by atoms with Crippen LogP contribution in [0.15, 0.2) is 36.0 Å². The summed E-state index contributed by atoms with van der Waals surface area (Å²) in [6.45, 7) is 4.12. The molecule has 13 heteroatoms. The molecule has 2 aromatic heterocycles. The van der Waals surface area contributed by atoms with Crippen molar-refractivity contribution in [3.63, 3.8) is 0 Å². The molecule has 1 aromatic carbocycles. The molecular formula is C28H29F3N4O5S. The van der Waals surface area contributed by atoms with Gasteiger partial charge in [0.25, 0.3) is 0 Å². The van der Waals surface area contributed by atoms with E-state index in [1.54, 1.807) is 12.3 Å². The van der Waals surface area contributed by atoms with Gasteiger partial charge in [-0.1, -0.05) is 0 Å². The quantitative estimate of drug-likeness (QED) is 0.252. The third-order valence-electron chi connectivity index (χ3n) is 6.99. The standard InChI is InChI=1S/C28H29F3N4O5S/c1-2-39-27(37)17-5-8-35(9-6-17)25-14-32-21(13-33-25)23(36)12-26-34-22(16-41-26)18-3-4-24(20(11-18)28(29,30)31)40-19-7-10-38-15-19/h3-4,11,13-14,16-17,19H,2,5-10,12,15H2,1H3/t19-/m1/s1. The molecule has 2 aliphatic heterocycles. The fourth-order valence-corrected chi connectivity index (χ4v) is 5.59. The number of halogens is 3. The predicted molar refractivity (Wildman–Crippen MR) is 144 cm³/mol. The third kappa shape index (κ3) is 7.02. The first-order valence-corrected chi connectivity index (χ1v) is 14.3. The van der Waals surface area contributed by atoms with Gasteiger partial charge in [0.1, 0.15) is 28.4 Å². The molecule has 5 rings (SSSR count). The number of hydrogen-bond donors (Lipinski definition) is 0. The van der Waals surface area contributed by atoms with Gasteiger partial charge >= 0.3 is 12.1 Å². The highest BCUT2D eigenvalue weighted by Gasteiger charge is 2.36. The molecule has 2 saturated heterocycles. The van der Waals surface area contributed by atoms with E-state index in [9.17, 15) is 22.8 Å². The molecular weight excluding hydrogens is 561 g/mol. The SMILES string of the molecule is CCOC(=O)C1CCN(c2cnc(C(=O)Cc3nc(-c4ccc(O[C@@H]5CCOC5)c(C(F)(F)F)c4)cs3)cn2)CC1. The highest BCUT2D eigenvalue weighted by atomic mass is 32.1. The monoisotopic (exact) mass is 590 g/mol. The van der Waals surface area contributed by atoms with E-state index < -0.39 is 17.8 Å². The smallest absolute Gasteiger partial charge is 0.419 e. The number of aromatic nitrogens is 3. The molecule has 9 nitrogen and oxygen atoms in total. The Morgan fingerprint density at radius 2 is 1.95 bits per heavy atom. The molecule has 2 fully saturated rings. The van der Waals surface area contributed by atoms with Crippen LogP contribution in [0.2, 0.25) is 0 Å². The summed E-state index contributed by atoms with van der Waals surface area (Å²) in [5.41, 5.74) is -0.0958. The average Bonchev–Trinajstić information content (AvgIpc) is 3.65. The van der Waals surface area contributed by atoms with Crippen molar-refractivity contribution < 1.29 is 37.0 Å². The van der Waals surface area contributed by atoms with Crippen LogP contribution in [0.5, 0.6) is 5.75 Å². The van der Waals surface area contributed by atoms with Gasteiger partial charge in [-0.05, 0) is 38.0 Å². The minimum Gasteiger partial charge on any atom is -0.487 e.